The minimum absolute atomic E-state index is 0.375. The highest BCUT2D eigenvalue weighted by atomic mass is 32.2. The monoisotopic (exact) mass is 180 g/mol. The van der Waals surface area contributed by atoms with E-state index >= 15 is 0 Å². The Labute approximate surface area is 66.0 Å². The maximum Gasteiger partial charge on any atom is 0.270 e. The van der Waals surface area contributed by atoms with Gasteiger partial charge in [-0.1, -0.05) is 12.8 Å². The standard InChI is InChI=1S/C6H12O4S/c7-5-3-1-2-4-6(5)11(8,9)10/h5-7H,1-4H2,(H,8,9,10)/t5-,6?/m0/s1. The van der Waals surface area contributed by atoms with Crippen molar-refractivity contribution < 1.29 is 18.1 Å². The van der Waals surface area contributed by atoms with Crippen molar-refractivity contribution in [2.45, 2.75) is 37.0 Å². The molecule has 0 amide bonds. The molecule has 0 aromatic rings. The quantitative estimate of drug-likeness (QED) is 0.564. The zero-order valence-electron chi connectivity index (χ0n) is 6.10. The number of hydrogen-bond donors (Lipinski definition) is 2. The summed E-state index contributed by atoms with van der Waals surface area (Å²) >= 11 is 0. The lowest BCUT2D eigenvalue weighted by Crippen LogP contribution is -2.36. The zero-order chi connectivity index (χ0) is 8.48. The fourth-order valence-electron chi connectivity index (χ4n) is 1.42. The van der Waals surface area contributed by atoms with Crippen molar-refractivity contribution in [3.05, 3.63) is 0 Å². The molecule has 1 unspecified atom stereocenters. The normalized spacial score (nSPS) is 33.6. The van der Waals surface area contributed by atoms with Crippen LogP contribution in [0.4, 0.5) is 0 Å². The maximum atomic E-state index is 10.6. The van der Waals surface area contributed by atoms with Crippen LogP contribution in [0.3, 0.4) is 0 Å². The lowest BCUT2D eigenvalue weighted by molar-refractivity contribution is 0.130. The summed E-state index contributed by atoms with van der Waals surface area (Å²) in [7, 11) is -4.03. The molecule has 1 rings (SSSR count). The molecule has 0 spiro atoms. The van der Waals surface area contributed by atoms with E-state index in [9.17, 15) is 8.42 Å². The Morgan fingerprint density at radius 2 is 1.73 bits per heavy atom. The number of aliphatic hydroxyl groups is 1. The largest absolute Gasteiger partial charge is 0.392 e. The predicted molar refractivity (Wildman–Crippen MR) is 39.8 cm³/mol. The molecule has 11 heavy (non-hydrogen) atoms. The molecule has 1 aliphatic carbocycles. The molecule has 0 bridgehead atoms. The highest BCUT2D eigenvalue weighted by Crippen LogP contribution is 2.23. The van der Waals surface area contributed by atoms with Gasteiger partial charge in [0.05, 0.1) is 6.10 Å². The summed E-state index contributed by atoms with van der Waals surface area (Å²) in [5.41, 5.74) is 0. The number of aliphatic hydroxyl groups excluding tert-OH is 1. The van der Waals surface area contributed by atoms with E-state index in [0.717, 1.165) is 12.8 Å². The van der Waals surface area contributed by atoms with Crippen LogP contribution in [0.5, 0.6) is 0 Å². The first kappa shape index (κ1) is 8.96. The minimum Gasteiger partial charge on any atom is -0.392 e. The molecule has 1 aliphatic rings. The van der Waals surface area contributed by atoms with Crippen LogP contribution in [0.1, 0.15) is 25.7 Å². The van der Waals surface area contributed by atoms with Crippen molar-refractivity contribution in [3.8, 4) is 0 Å². The van der Waals surface area contributed by atoms with Gasteiger partial charge in [0, 0.05) is 0 Å². The van der Waals surface area contributed by atoms with Gasteiger partial charge >= 0.3 is 0 Å². The molecule has 1 saturated carbocycles. The van der Waals surface area contributed by atoms with Crippen LogP contribution < -0.4 is 0 Å². The molecule has 2 N–H and O–H groups in total. The highest BCUT2D eigenvalue weighted by molar-refractivity contribution is 7.86. The zero-order valence-corrected chi connectivity index (χ0v) is 6.92. The summed E-state index contributed by atoms with van der Waals surface area (Å²) < 4.78 is 29.8. The van der Waals surface area contributed by atoms with Crippen molar-refractivity contribution in [3.63, 3.8) is 0 Å². The highest BCUT2D eigenvalue weighted by Gasteiger charge is 2.32. The Balaban J connectivity index is 2.70. The van der Waals surface area contributed by atoms with Crippen molar-refractivity contribution in [1.82, 2.24) is 0 Å². The minimum atomic E-state index is -4.03. The molecule has 0 radical (unpaired) electrons. The van der Waals surface area contributed by atoms with E-state index in [4.69, 9.17) is 9.66 Å². The summed E-state index contributed by atoms with van der Waals surface area (Å²) in [5.74, 6) is 0. The van der Waals surface area contributed by atoms with Gasteiger partial charge in [0.1, 0.15) is 5.25 Å². The topological polar surface area (TPSA) is 74.6 Å². The van der Waals surface area contributed by atoms with Crippen molar-refractivity contribution in [2.24, 2.45) is 0 Å². The van der Waals surface area contributed by atoms with Gasteiger partial charge in [0.25, 0.3) is 10.1 Å². The van der Waals surface area contributed by atoms with Gasteiger partial charge in [-0.2, -0.15) is 8.42 Å². The number of hydrogen-bond acceptors (Lipinski definition) is 3. The Bertz CT molecular complexity index is 221. The van der Waals surface area contributed by atoms with Gasteiger partial charge in [-0.05, 0) is 12.8 Å². The third-order valence-corrected chi connectivity index (χ3v) is 3.37. The van der Waals surface area contributed by atoms with Crippen LogP contribution in [0.25, 0.3) is 0 Å². The first-order valence-corrected chi connectivity index (χ1v) is 5.16. The van der Waals surface area contributed by atoms with E-state index in [0.29, 0.717) is 12.8 Å². The molecule has 0 aromatic carbocycles. The fraction of sp³-hybridized carbons (Fsp3) is 1.00. The van der Waals surface area contributed by atoms with Crippen molar-refractivity contribution >= 4 is 10.1 Å². The molecule has 1 fully saturated rings. The van der Waals surface area contributed by atoms with Crippen LogP contribution in [0.2, 0.25) is 0 Å². The summed E-state index contributed by atoms with van der Waals surface area (Å²) in [5, 5.41) is 8.22. The van der Waals surface area contributed by atoms with Crippen molar-refractivity contribution in [1.29, 1.82) is 0 Å². The summed E-state index contributed by atoms with van der Waals surface area (Å²) in [6, 6.07) is 0. The van der Waals surface area contributed by atoms with Gasteiger partial charge in [-0.15, -0.1) is 0 Å². The first-order chi connectivity index (χ1) is 5.02. The average molecular weight is 180 g/mol. The Morgan fingerprint density at radius 3 is 2.09 bits per heavy atom. The molecular weight excluding hydrogens is 168 g/mol. The summed E-state index contributed by atoms with van der Waals surface area (Å²) in [6.45, 7) is 0. The molecule has 0 heterocycles. The summed E-state index contributed by atoms with van der Waals surface area (Å²) in [4.78, 5) is 0. The molecule has 2 atom stereocenters. The van der Waals surface area contributed by atoms with Crippen LogP contribution in [-0.2, 0) is 10.1 Å². The predicted octanol–water partition coefficient (Wildman–Crippen LogP) is 0.178. The third kappa shape index (κ3) is 2.15. The Morgan fingerprint density at radius 1 is 1.18 bits per heavy atom. The second-order valence-corrected chi connectivity index (χ2v) is 4.54. The smallest absolute Gasteiger partial charge is 0.270 e. The molecule has 4 nitrogen and oxygen atoms in total. The van der Waals surface area contributed by atoms with Gasteiger partial charge in [-0.3, -0.25) is 4.55 Å². The van der Waals surface area contributed by atoms with E-state index in [2.05, 4.69) is 0 Å². The first-order valence-electron chi connectivity index (χ1n) is 3.66. The molecule has 0 aromatic heterocycles. The van der Waals surface area contributed by atoms with Gasteiger partial charge in [-0.25, -0.2) is 0 Å². The number of rotatable bonds is 1. The second-order valence-electron chi connectivity index (χ2n) is 2.91. The van der Waals surface area contributed by atoms with Crippen molar-refractivity contribution in [2.75, 3.05) is 0 Å². The molecule has 0 saturated heterocycles. The molecular formula is C6H12O4S. The lowest BCUT2D eigenvalue weighted by atomic mass is 9.97. The fourth-order valence-corrected chi connectivity index (χ4v) is 2.42. The van der Waals surface area contributed by atoms with E-state index in [1.54, 1.807) is 0 Å². The van der Waals surface area contributed by atoms with Crippen LogP contribution in [0.15, 0.2) is 0 Å². The van der Waals surface area contributed by atoms with Gasteiger partial charge in [0.2, 0.25) is 0 Å². The van der Waals surface area contributed by atoms with E-state index in [1.165, 1.54) is 0 Å². The van der Waals surface area contributed by atoms with Gasteiger partial charge in [0.15, 0.2) is 0 Å². The second kappa shape index (κ2) is 3.08. The Kier molecular flexibility index (Phi) is 2.51. The summed E-state index contributed by atoms with van der Waals surface area (Å²) in [6.07, 6.45) is 1.58. The Hall–Kier alpha value is -0.130. The SMILES string of the molecule is O=S(=O)(O)C1CCCC[C@@H]1O. The van der Waals surface area contributed by atoms with Crippen LogP contribution in [-0.4, -0.2) is 29.4 Å². The third-order valence-electron chi connectivity index (χ3n) is 2.05. The van der Waals surface area contributed by atoms with E-state index < -0.39 is 21.5 Å². The molecule has 0 aliphatic heterocycles. The molecule has 66 valence electrons. The van der Waals surface area contributed by atoms with Crippen LogP contribution in [0, 0.1) is 0 Å². The average Bonchev–Trinajstić information content (AvgIpc) is 1.86. The maximum absolute atomic E-state index is 10.6. The van der Waals surface area contributed by atoms with E-state index in [1.807, 2.05) is 0 Å². The van der Waals surface area contributed by atoms with Gasteiger partial charge < -0.3 is 5.11 Å². The van der Waals surface area contributed by atoms with E-state index in [-0.39, 0.29) is 0 Å². The lowest BCUT2D eigenvalue weighted by Gasteiger charge is -2.24. The van der Waals surface area contributed by atoms with Crippen LogP contribution >= 0.6 is 0 Å². The molecule has 5 heteroatoms.